The molecule has 7 heteroatoms. The van der Waals surface area contributed by atoms with Gasteiger partial charge in [-0.15, -0.1) is 11.3 Å². The van der Waals surface area contributed by atoms with Gasteiger partial charge in [0.15, 0.2) is 0 Å². The summed E-state index contributed by atoms with van der Waals surface area (Å²) >= 11 is 0.980. The van der Waals surface area contributed by atoms with E-state index in [-0.39, 0.29) is 15.0 Å². The van der Waals surface area contributed by atoms with Gasteiger partial charge in [0.2, 0.25) is 9.84 Å². The van der Waals surface area contributed by atoms with Crippen LogP contribution in [0.2, 0.25) is 0 Å². The molecule has 0 atom stereocenters. The van der Waals surface area contributed by atoms with E-state index in [0.717, 1.165) is 36.0 Å². The lowest BCUT2D eigenvalue weighted by Gasteiger charge is -2.32. The minimum absolute atomic E-state index is 0.161. The summed E-state index contributed by atoms with van der Waals surface area (Å²) < 4.78 is 25.6. The normalized spacial score (nSPS) is 15.2. The molecule has 2 heterocycles. The molecule has 5 nitrogen and oxygen atoms in total. The summed E-state index contributed by atoms with van der Waals surface area (Å²) in [6.45, 7) is 4.40. The Hall–Kier alpha value is -2.64. The van der Waals surface area contributed by atoms with E-state index in [4.69, 9.17) is 0 Å². The van der Waals surface area contributed by atoms with Gasteiger partial charge in [-0.2, -0.15) is 0 Å². The van der Waals surface area contributed by atoms with Crippen LogP contribution in [0.15, 0.2) is 75.8 Å². The van der Waals surface area contributed by atoms with E-state index >= 15 is 0 Å². The van der Waals surface area contributed by atoms with E-state index in [1.165, 1.54) is 18.9 Å². The van der Waals surface area contributed by atoms with Gasteiger partial charge in [-0.1, -0.05) is 25.1 Å². The van der Waals surface area contributed by atoms with Crippen molar-refractivity contribution in [2.24, 2.45) is 5.92 Å². The predicted octanol–water partition coefficient (Wildman–Crippen LogP) is 5.07. The van der Waals surface area contributed by atoms with Crippen molar-refractivity contribution in [1.29, 1.82) is 0 Å². The SMILES string of the molecule is CC1CCN(c2ccc(NC(=O)c3ccc(S(=O)(=O)c4ccccc4)s3)cc2)CC1. The second-order valence-electron chi connectivity index (χ2n) is 7.61. The number of nitrogens with zero attached hydrogens (tertiary/aromatic N) is 1. The molecule has 1 aromatic heterocycles. The van der Waals surface area contributed by atoms with E-state index < -0.39 is 9.84 Å². The number of benzene rings is 2. The number of hydrogen-bond acceptors (Lipinski definition) is 5. The molecule has 4 rings (SSSR count). The van der Waals surface area contributed by atoms with Crippen molar-refractivity contribution < 1.29 is 13.2 Å². The second kappa shape index (κ2) is 8.62. The molecule has 1 amide bonds. The lowest BCUT2D eigenvalue weighted by Crippen LogP contribution is -2.32. The average Bonchev–Trinajstić information content (AvgIpc) is 3.27. The first-order chi connectivity index (χ1) is 14.4. The maximum atomic E-state index is 12.7. The molecule has 1 saturated heterocycles. The van der Waals surface area contributed by atoms with Gasteiger partial charge in [0.1, 0.15) is 4.21 Å². The molecule has 30 heavy (non-hydrogen) atoms. The van der Waals surface area contributed by atoms with E-state index in [0.29, 0.717) is 10.6 Å². The van der Waals surface area contributed by atoms with Gasteiger partial charge in [-0.05, 0) is 67.3 Å². The fourth-order valence-electron chi connectivity index (χ4n) is 3.52. The number of anilines is 2. The molecule has 0 unspecified atom stereocenters. The number of carbonyl (C=O) groups is 1. The molecule has 0 bridgehead atoms. The fraction of sp³-hybridized carbons (Fsp3) is 0.261. The molecule has 0 aliphatic carbocycles. The first-order valence-electron chi connectivity index (χ1n) is 10.00. The van der Waals surface area contributed by atoms with Crippen molar-refractivity contribution in [2.75, 3.05) is 23.3 Å². The van der Waals surface area contributed by atoms with Crippen LogP contribution in [-0.4, -0.2) is 27.4 Å². The third kappa shape index (κ3) is 4.42. The average molecular weight is 441 g/mol. The molecule has 0 saturated carbocycles. The number of carbonyl (C=O) groups excluding carboxylic acids is 1. The molecule has 1 N–H and O–H groups in total. The Morgan fingerprint density at radius 3 is 2.30 bits per heavy atom. The van der Waals surface area contributed by atoms with Gasteiger partial charge >= 0.3 is 0 Å². The minimum atomic E-state index is -3.61. The largest absolute Gasteiger partial charge is 0.372 e. The van der Waals surface area contributed by atoms with Crippen molar-refractivity contribution in [2.45, 2.75) is 28.9 Å². The molecule has 3 aromatic rings. The van der Waals surface area contributed by atoms with E-state index in [1.54, 1.807) is 36.4 Å². The quantitative estimate of drug-likeness (QED) is 0.602. The summed E-state index contributed by atoms with van der Waals surface area (Å²) in [5, 5.41) is 2.86. The van der Waals surface area contributed by atoms with Crippen LogP contribution in [0, 0.1) is 5.92 Å². The molecular weight excluding hydrogens is 416 g/mol. The Morgan fingerprint density at radius 1 is 0.967 bits per heavy atom. The summed E-state index contributed by atoms with van der Waals surface area (Å²) in [4.78, 5) is 15.6. The standard InChI is InChI=1S/C23H24N2O3S2/c1-17-13-15-25(16-14-17)19-9-7-18(8-10-19)24-23(26)21-11-12-22(29-21)30(27,28)20-5-3-2-4-6-20/h2-12,17H,13-16H2,1H3,(H,24,26). The number of piperidine rings is 1. The van der Waals surface area contributed by atoms with Crippen LogP contribution in [-0.2, 0) is 9.84 Å². The monoisotopic (exact) mass is 440 g/mol. The molecular formula is C23H24N2O3S2. The first-order valence-corrected chi connectivity index (χ1v) is 12.3. The molecule has 2 aromatic carbocycles. The van der Waals surface area contributed by atoms with Gasteiger partial charge < -0.3 is 10.2 Å². The Labute approximate surface area is 181 Å². The Bertz CT molecular complexity index is 1110. The topological polar surface area (TPSA) is 66.5 Å². The number of rotatable bonds is 5. The van der Waals surface area contributed by atoms with Gasteiger partial charge in [0.05, 0.1) is 9.77 Å². The summed E-state index contributed by atoms with van der Waals surface area (Å²) in [6.07, 6.45) is 2.40. The van der Waals surface area contributed by atoms with E-state index in [2.05, 4.69) is 17.1 Å². The molecule has 1 aliphatic rings. The van der Waals surface area contributed by atoms with Crippen molar-refractivity contribution in [3.05, 3.63) is 71.6 Å². The molecule has 0 radical (unpaired) electrons. The maximum absolute atomic E-state index is 12.7. The molecule has 1 aliphatic heterocycles. The van der Waals surface area contributed by atoms with Crippen molar-refractivity contribution in [3.63, 3.8) is 0 Å². The Balaban J connectivity index is 1.43. The Kier molecular flexibility index (Phi) is 5.92. The van der Waals surface area contributed by atoms with Gasteiger partial charge in [-0.25, -0.2) is 8.42 Å². The zero-order valence-electron chi connectivity index (χ0n) is 16.7. The van der Waals surface area contributed by atoms with Crippen molar-refractivity contribution >= 4 is 38.5 Å². The smallest absolute Gasteiger partial charge is 0.265 e. The lowest BCUT2D eigenvalue weighted by molar-refractivity contribution is 0.103. The third-order valence-corrected chi connectivity index (χ3v) is 8.74. The fourth-order valence-corrected chi connectivity index (χ4v) is 6.14. The highest BCUT2D eigenvalue weighted by atomic mass is 32.2. The number of sulfone groups is 1. The highest BCUT2D eigenvalue weighted by Crippen LogP contribution is 2.29. The van der Waals surface area contributed by atoms with Crippen LogP contribution in [0.5, 0.6) is 0 Å². The van der Waals surface area contributed by atoms with E-state index in [9.17, 15) is 13.2 Å². The number of nitrogens with one attached hydrogen (secondary N) is 1. The van der Waals surface area contributed by atoms with Crippen LogP contribution in [0.4, 0.5) is 11.4 Å². The highest BCUT2D eigenvalue weighted by Gasteiger charge is 2.21. The van der Waals surface area contributed by atoms with Gasteiger partial charge in [0.25, 0.3) is 5.91 Å². The molecule has 1 fully saturated rings. The summed E-state index contributed by atoms with van der Waals surface area (Å²) in [5.41, 5.74) is 1.85. The first kappa shape index (κ1) is 20.6. The van der Waals surface area contributed by atoms with Crippen LogP contribution < -0.4 is 10.2 Å². The number of amides is 1. The van der Waals surface area contributed by atoms with Crippen LogP contribution in [0.3, 0.4) is 0 Å². The van der Waals surface area contributed by atoms with E-state index in [1.807, 2.05) is 24.3 Å². The molecule has 0 spiro atoms. The van der Waals surface area contributed by atoms with Gasteiger partial charge in [-0.3, -0.25) is 4.79 Å². The van der Waals surface area contributed by atoms with Crippen LogP contribution in [0.1, 0.15) is 29.4 Å². The van der Waals surface area contributed by atoms with Crippen LogP contribution >= 0.6 is 11.3 Å². The number of hydrogen-bond donors (Lipinski definition) is 1. The summed E-state index contributed by atoms with van der Waals surface area (Å²) in [6, 6.07) is 19.1. The van der Waals surface area contributed by atoms with Crippen LogP contribution in [0.25, 0.3) is 0 Å². The highest BCUT2D eigenvalue weighted by molar-refractivity contribution is 7.93. The zero-order chi connectivity index (χ0) is 21.1. The third-order valence-electron chi connectivity index (χ3n) is 5.40. The van der Waals surface area contributed by atoms with Crippen molar-refractivity contribution in [3.8, 4) is 0 Å². The van der Waals surface area contributed by atoms with Crippen molar-refractivity contribution in [1.82, 2.24) is 0 Å². The lowest BCUT2D eigenvalue weighted by atomic mass is 9.99. The summed E-state index contributed by atoms with van der Waals surface area (Å²) in [5.74, 6) is 0.468. The number of thiophene rings is 1. The molecule has 156 valence electrons. The maximum Gasteiger partial charge on any atom is 0.265 e. The predicted molar refractivity (Wildman–Crippen MR) is 121 cm³/mol. The zero-order valence-corrected chi connectivity index (χ0v) is 18.4. The summed E-state index contributed by atoms with van der Waals surface area (Å²) in [7, 11) is -3.61. The second-order valence-corrected chi connectivity index (χ2v) is 10.9. The Morgan fingerprint density at radius 2 is 1.63 bits per heavy atom. The minimum Gasteiger partial charge on any atom is -0.372 e. The van der Waals surface area contributed by atoms with Gasteiger partial charge in [0, 0.05) is 24.5 Å².